The summed E-state index contributed by atoms with van der Waals surface area (Å²) < 4.78 is 13.2. The van der Waals surface area contributed by atoms with Crippen molar-refractivity contribution >= 4 is 0 Å². The zero-order valence-electron chi connectivity index (χ0n) is 17.3. The number of ether oxygens (including phenoxy) is 2. The Bertz CT molecular complexity index is 617. The van der Waals surface area contributed by atoms with Crippen molar-refractivity contribution in [3.8, 4) is 35.2 Å². The Morgan fingerprint density at radius 3 is 1.54 bits per heavy atom. The molecule has 1 rings (SSSR count). The Labute approximate surface area is 159 Å². The maximum Gasteiger partial charge on any atom is 0.149 e. The quantitative estimate of drug-likeness (QED) is 0.525. The van der Waals surface area contributed by atoms with Crippen molar-refractivity contribution in [2.45, 2.75) is 13.8 Å². The molecule has 1 aromatic rings. The van der Waals surface area contributed by atoms with Crippen LogP contribution in [0.15, 0.2) is 24.3 Å². The van der Waals surface area contributed by atoms with E-state index in [4.69, 9.17) is 9.47 Å². The van der Waals surface area contributed by atoms with Crippen LogP contribution in [0.3, 0.4) is 0 Å². The molecule has 4 nitrogen and oxygen atoms in total. The third-order valence-electron chi connectivity index (χ3n) is 4.40. The average molecular weight is 359 g/mol. The summed E-state index contributed by atoms with van der Waals surface area (Å²) in [5, 5.41) is 0. The van der Waals surface area contributed by atoms with Crippen molar-refractivity contribution in [2.24, 2.45) is 0 Å². The van der Waals surface area contributed by atoms with Gasteiger partial charge in [-0.2, -0.15) is 0 Å². The van der Waals surface area contributed by atoms with E-state index in [9.17, 15) is 0 Å². The van der Waals surface area contributed by atoms with Gasteiger partial charge in [-0.05, 0) is 37.8 Å². The van der Waals surface area contributed by atoms with Crippen LogP contribution in [-0.4, -0.2) is 76.5 Å². The smallest absolute Gasteiger partial charge is 0.149 e. The molecule has 0 saturated carbocycles. The van der Waals surface area contributed by atoms with Crippen molar-refractivity contribution in [1.29, 1.82) is 0 Å². The van der Waals surface area contributed by atoms with Crippen LogP contribution < -0.4 is 9.47 Å². The van der Waals surface area contributed by atoms with Crippen LogP contribution in [0.2, 0.25) is 0 Å². The maximum atomic E-state index is 5.68. The minimum atomic E-state index is 0.386. The molecule has 0 heterocycles. The highest BCUT2D eigenvalue weighted by Gasteiger charge is 2.08. The third kappa shape index (κ3) is 9.37. The summed E-state index contributed by atoms with van der Waals surface area (Å²) in [5.41, 5.74) is 0. The van der Waals surface area contributed by atoms with Gasteiger partial charge in [-0.3, -0.25) is 0 Å². The number of benzene rings is 1. The van der Waals surface area contributed by atoms with Gasteiger partial charge in [0.25, 0.3) is 0 Å². The summed E-state index contributed by atoms with van der Waals surface area (Å²) in [6.45, 7) is 8.88. The van der Waals surface area contributed by atoms with Crippen molar-refractivity contribution < 1.29 is 18.4 Å². The minimum Gasteiger partial charge on any atom is -0.481 e. The number of nitrogens with zero attached hydrogens (tertiary/aromatic N) is 2. The fourth-order valence-corrected chi connectivity index (χ4v) is 1.76. The number of hydrogen-bond donors (Lipinski definition) is 0. The van der Waals surface area contributed by atoms with Crippen LogP contribution in [0.5, 0.6) is 11.5 Å². The molecule has 0 aliphatic heterocycles. The zero-order valence-corrected chi connectivity index (χ0v) is 17.3. The van der Waals surface area contributed by atoms with E-state index in [1.54, 1.807) is 0 Å². The Kier molecular flexibility index (Phi) is 9.07. The highest BCUT2D eigenvalue weighted by Crippen LogP contribution is 2.19. The average Bonchev–Trinajstić information content (AvgIpc) is 2.61. The van der Waals surface area contributed by atoms with Crippen LogP contribution in [0.1, 0.15) is 13.8 Å². The lowest BCUT2D eigenvalue weighted by atomic mass is 10.3. The lowest BCUT2D eigenvalue weighted by Gasteiger charge is -2.25. The first-order chi connectivity index (χ1) is 12.3. The number of rotatable bonds is 8. The van der Waals surface area contributed by atoms with E-state index in [2.05, 4.69) is 65.7 Å². The Balaban J connectivity index is 2.42. The second-order valence-electron chi connectivity index (χ2n) is 7.58. The highest BCUT2D eigenvalue weighted by molar-refractivity contribution is 5.33. The predicted molar refractivity (Wildman–Crippen MR) is 108 cm³/mol. The van der Waals surface area contributed by atoms with Crippen LogP contribution >= 0.6 is 0 Å². The normalized spacial score (nSPS) is 11.0. The van der Waals surface area contributed by atoms with Crippen molar-refractivity contribution in [3.05, 3.63) is 24.3 Å². The van der Waals surface area contributed by atoms with E-state index in [0.29, 0.717) is 13.2 Å². The first-order valence-corrected chi connectivity index (χ1v) is 9.19. The molecule has 0 amide bonds. The van der Waals surface area contributed by atoms with Gasteiger partial charge in [0, 0.05) is 6.07 Å². The molecule has 26 heavy (non-hydrogen) atoms. The van der Waals surface area contributed by atoms with Gasteiger partial charge < -0.3 is 18.4 Å². The highest BCUT2D eigenvalue weighted by atomic mass is 16.5. The topological polar surface area (TPSA) is 18.5 Å². The third-order valence-corrected chi connectivity index (χ3v) is 4.40. The molecule has 0 aliphatic rings. The summed E-state index contributed by atoms with van der Waals surface area (Å²) in [6.07, 6.45) is 0. The largest absolute Gasteiger partial charge is 0.481 e. The Morgan fingerprint density at radius 1 is 0.731 bits per heavy atom. The van der Waals surface area contributed by atoms with Crippen LogP contribution in [0.25, 0.3) is 0 Å². The van der Waals surface area contributed by atoms with E-state index >= 15 is 0 Å². The van der Waals surface area contributed by atoms with Gasteiger partial charge in [-0.1, -0.05) is 17.9 Å². The molecular formula is C22H34N2O2+2. The van der Waals surface area contributed by atoms with Gasteiger partial charge in [0.15, 0.2) is 0 Å². The number of hydrogen-bond acceptors (Lipinski definition) is 2. The number of quaternary nitrogens is 2. The Hall–Kier alpha value is -2.14. The van der Waals surface area contributed by atoms with Gasteiger partial charge in [0.05, 0.1) is 41.3 Å². The maximum absolute atomic E-state index is 5.68. The zero-order chi connectivity index (χ0) is 19.5. The standard InChI is InChI=1S/C22H34N2O2/c1-7-23(3,4)16-9-11-18-25-21-14-13-15-22(20-21)26-19-12-10-17-24(5,6)8-2/h13-15,20H,7-8,16-19H2,1-6H3/q+2. The van der Waals surface area contributed by atoms with E-state index in [1.165, 1.54) is 0 Å². The van der Waals surface area contributed by atoms with E-state index in [0.717, 1.165) is 46.6 Å². The molecule has 0 atom stereocenters. The first-order valence-electron chi connectivity index (χ1n) is 9.19. The lowest BCUT2D eigenvalue weighted by Crippen LogP contribution is -2.39. The van der Waals surface area contributed by atoms with Crippen molar-refractivity contribution in [2.75, 3.05) is 67.6 Å². The van der Waals surface area contributed by atoms with Crippen LogP contribution in [-0.2, 0) is 0 Å². The van der Waals surface area contributed by atoms with Crippen molar-refractivity contribution in [3.63, 3.8) is 0 Å². The molecule has 0 spiro atoms. The molecule has 0 radical (unpaired) electrons. The predicted octanol–water partition coefficient (Wildman–Crippen LogP) is 2.64. The summed E-state index contributed by atoms with van der Waals surface area (Å²) in [7, 11) is 8.67. The molecule has 0 aliphatic carbocycles. The molecule has 0 fully saturated rings. The fraction of sp³-hybridized carbons (Fsp3) is 0.545. The summed E-state index contributed by atoms with van der Waals surface area (Å²) >= 11 is 0. The van der Waals surface area contributed by atoms with E-state index in [-0.39, 0.29) is 0 Å². The molecule has 1 aromatic carbocycles. The van der Waals surface area contributed by atoms with Gasteiger partial charge in [-0.15, -0.1) is 0 Å². The first kappa shape index (κ1) is 21.9. The fourth-order valence-electron chi connectivity index (χ4n) is 1.76. The SMILES string of the molecule is CC[N+](C)(C)CC#CCOc1cccc(OCC#CC[N+](C)(C)CC)c1. The van der Waals surface area contributed by atoms with E-state index < -0.39 is 0 Å². The van der Waals surface area contributed by atoms with Gasteiger partial charge in [-0.25, -0.2) is 0 Å². The van der Waals surface area contributed by atoms with Gasteiger partial charge in [0.2, 0.25) is 0 Å². The van der Waals surface area contributed by atoms with Gasteiger partial charge >= 0.3 is 0 Å². The van der Waals surface area contributed by atoms with E-state index in [1.807, 2.05) is 24.3 Å². The molecular weight excluding hydrogens is 324 g/mol. The molecule has 0 saturated heterocycles. The molecule has 0 bridgehead atoms. The van der Waals surface area contributed by atoms with Gasteiger partial charge in [0.1, 0.15) is 37.8 Å². The Morgan fingerprint density at radius 2 is 1.15 bits per heavy atom. The second-order valence-corrected chi connectivity index (χ2v) is 7.58. The van der Waals surface area contributed by atoms with Crippen LogP contribution in [0, 0.1) is 23.7 Å². The monoisotopic (exact) mass is 358 g/mol. The lowest BCUT2D eigenvalue weighted by molar-refractivity contribution is -0.881. The molecule has 0 aromatic heterocycles. The minimum absolute atomic E-state index is 0.386. The van der Waals surface area contributed by atoms with Crippen LogP contribution in [0.4, 0.5) is 0 Å². The van der Waals surface area contributed by atoms with Crippen molar-refractivity contribution in [1.82, 2.24) is 0 Å². The molecule has 142 valence electrons. The molecule has 4 heteroatoms. The second kappa shape index (κ2) is 10.8. The summed E-state index contributed by atoms with van der Waals surface area (Å²) in [4.78, 5) is 0. The summed E-state index contributed by atoms with van der Waals surface area (Å²) in [6, 6.07) is 7.61. The molecule has 0 unspecified atom stereocenters. The summed E-state index contributed by atoms with van der Waals surface area (Å²) in [5.74, 6) is 14.0. The molecule has 0 N–H and O–H groups in total.